The third-order valence-corrected chi connectivity index (χ3v) is 2.24. The van der Waals surface area contributed by atoms with E-state index in [9.17, 15) is 0 Å². The fourth-order valence-corrected chi connectivity index (χ4v) is 1.51. The first kappa shape index (κ1) is 9.39. The molecule has 0 N–H and O–H groups in total. The Bertz CT molecular complexity index is 246. The average Bonchev–Trinajstić information content (AvgIpc) is 2.07. The molecule has 0 saturated carbocycles. The van der Waals surface area contributed by atoms with Crippen LogP contribution in [0, 0.1) is 0 Å². The SMILES string of the molecule is C=CC(c1cnccn1)C(C)Br. The lowest BCUT2D eigenvalue weighted by molar-refractivity contribution is 0.796. The van der Waals surface area contributed by atoms with E-state index in [1.54, 1.807) is 18.6 Å². The lowest BCUT2D eigenvalue weighted by Crippen LogP contribution is -2.07. The molecule has 0 radical (unpaired) electrons. The Morgan fingerprint density at radius 2 is 2.33 bits per heavy atom. The summed E-state index contributed by atoms with van der Waals surface area (Å²) in [6.45, 7) is 5.83. The number of hydrogen-bond donors (Lipinski definition) is 0. The quantitative estimate of drug-likeness (QED) is 0.585. The predicted octanol–water partition coefficient (Wildman–Crippen LogP) is 2.53. The second-order valence-electron chi connectivity index (χ2n) is 2.57. The van der Waals surface area contributed by atoms with Crippen molar-refractivity contribution in [2.45, 2.75) is 17.7 Å². The summed E-state index contributed by atoms with van der Waals surface area (Å²) in [6, 6.07) is 0. The molecule has 0 saturated heterocycles. The van der Waals surface area contributed by atoms with Crippen molar-refractivity contribution in [1.29, 1.82) is 0 Å². The largest absolute Gasteiger partial charge is 0.261 e. The molecule has 1 rings (SSSR count). The number of halogens is 1. The fraction of sp³-hybridized carbons (Fsp3) is 0.333. The first-order chi connectivity index (χ1) is 5.75. The minimum Gasteiger partial charge on any atom is -0.261 e. The van der Waals surface area contributed by atoms with Gasteiger partial charge in [0.25, 0.3) is 0 Å². The molecular weight excluding hydrogens is 216 g/mol. The summed E-state index contributed by atoms with van der Waals surface area (Å²) in [7, 11) is 0. The second-order valence-corrected chi connectivity index (χ2v) is 4.01. The summed E-state index contributed by atoms with van der Waals surface area (Å²) in [5, 5.41) is 0. The van der Waals surface area contributed by atoms with Crippen LogP contribution >= 0.6 is 15.9 Å². The Balaban J connectivity index is 2.88. The first-order valence-electron chi connectivity index (χ1n) is 3.78. The van der Waals surface area contributed by atoms with E-state index in [0.29, 0.717) is 4.83 Å². The third kappa shape index (κ3) is 2.14. The molecule has 1 aromatic heterocycles. The highest BCUT2D eigenvalue weighted by Gasteiger charge is 2.13. The highest BCUT2D eigenvalue weighted by atomic mass is 79.9. The van der Waals surface area contributed by atoms with E-state index >= 15 is 0 Å². The van der Waals surface area contributed by atoms with Gasteiger partial charge in [0.05, 0.1) is 5.69 Å². The van der Waals surface area contributed by atoms with Gasteiger partial charge in [-0.15, -0.1) is 6.58 Å². The van der Waals surface area contributed by atoms with Crippen molar-refractivity contribution in [2.75, 3.05) is 0 Å². The second kappa shape index (κ2) is 4.36. The Morgan fingerprint density at radius 3 is 2.75 bits per heavy atom. The topological polar surface area (TPSA) is 25.8 Å². The lowest BCUT2D eigenvalue weighted by Gasteiger charge is -2.13. The van der Waals surface area contributed by atoms with Crippen molar-refractivity contribution < 1.29 is 0 Å². The van der Waals surface area contributed by atoms with Crippen molar-refractivity contribution in [3.05, 3.63) is 36.9 Å². The molecule has 0 amide bonds. The molecule has 1 aromatic rings. The van der Waals surface area contributed by atoms with Crippen LogP contribution in [0.4, 0.5) is 0 Å². The maximum atomic E-state index is 4.21. The number of allylic oxidation sites excluding steroid dienone is 1. The first-order valence-corrected chi connectivity index (χ1v) is 4.70. The van der Waals surface area contributed by atoms with Gasteiger partial charge >= 0.3 is 0 Å². The molecule has 64 valence electrons. The predicted molar refractivity (Wildman–Crippen MR) is 53.4 cm³/mol. The van der Waals surface area contributed by atoms with E-state index in [4.69, 9.17) is 0 Å². The van der Waals surface area contributed by atoms with Crippen LogP contribution in [0.3, 0.4) is 0 Å². The van der Waals surface area contributed by atoms with Gasteiger partial charge in [-0.3, -0.25) is 9.97 Å². The summed E-state index contributed by atoms with van der Waals surface area (Å²) >= 11 is 3.50. The van der Waals surface area contributed by atoms with Crippen LogP contribution in [0.2, 0.25) is 0 Å². The van der Waals surface area contributed by atoms with E-state index in [0.717, 1.165) is 5.69 Å². The molecular formula is C9H11BrN2. The molecule has 0 aliphatic carbocycles. The highest BCUT2D eigenvalue weighted by Crippen LogP contribution is 2.23. The molecule has 2 nitrogen and oxygen atoms in total. The zero-order chi connectivity index (χ0) is 8.97. The van der Waals surface area contributed by atoms with Gasteiger partial charge in [0.2, 0.25) is 0 Å². The average molecular weight is 227 g/mol. The molecule has 0 aliphatic heterocycles. The van der Waals surface area contributed by atoms with Gasteiger partial charge in [0, 0.05) is 29.3 Å². The number of alkyl halides is 1. The van der Waals surface area contributed by atoms with Crippen molar-refractivity contribution in [3.63, 3.8) is 0 Å². The summed E-state index contributed by atoms with van der Waals surface area (Å²) in [4.78, 5) is 8.55. The number of aromatic nitrogens is 2. The van der Waals surface area contributed by atoms with Gasteiger partial charge in [-0.1, -0.05) is 28.9 Å². The molecule has 12 heavy (non-hydrogen) atoms. The molecule has 0 bridgehead atoms. The van der Waals surface area contributed by atoms with Crippen LogP contribution in [-0.2, 0) is 0 Å². The van der Waals surface area contributed by atoms with E-state index in [2.05, 4.69) is 39.4 Å². The summed E-state index contributed by atoms with van der Waals surface area (Å²) in [6.07, 6.45) is 7.01. The molecule has 0 aliphatic rings. The molecule has 2 unspecified atom stereocenters. The smallest absolute Gasteiger partial charge is 0.0666 e. The maximum absolute atomic E-state index is 4.21. The Kier molecular flexibility index (Phi) is 3.41. The van der Waals surface area contributed by atoms with Crippen LogP contribution in [-0.4, -0.2) is 14.8 Å². The Morgan fingerprint density at radius 1 is 1.58 bits per heavy atom. The van der Waals surface area contributed by atoms with Gasteiger partial charge in [0.15, 0.2) is 0 Å². The highest BCUT2D eigenvalue weighted by molar-refractivity contribution is 9.09. The van der Waals surface area contributed by atoms with E-state index in [1.165, 1.54) is 0 Å². The number of hydrogen-bond acceptors (Lipinski definition) is 2. The van der Waals surface area contributed by atoms with Crippen LogP contribution in [0.25, 0.3) is 0 Å². The summed E-state index contributed by atoms with van der Waals surface area (Å²) in [5.74, 6) is 0.235. The molecule has 0 spiro atoms. The zero-order valence-electron chi connectivity index (χ0n) is 6.94. The number of nitrogens with zero attached hydrogens (tertiary/aromatic N) is 2. The zero-order valence-corrected chi connectivity index (χ0v) is 8.53. The molecule has 2 atom stereocenters. The van der Waals surface area contributed by atoms with Gasteiger partial charge in [0.1, 0.15) is 0 Å². The normalized spacial score (nSPS) is 15.2. The standard InChI is InChI=1S/C9H11BrN2/c1-3-8(7(2)10)9-6-11-4-5-12-9/h3-8H,1H2,2H3. The summed E-state index contributed by atoms with van der Waals surface area (Å²) in [5.41, 5.74) is 0.955. The third-order valence-electron chi connectivity index (χ3n) is 1.67. The Labute approximate surface area is 80.9 Å². The van der Waals surface area contributed by atoms with Gasteiger partial charge in [-0.25, -0.2) is 0 Å². The van der Waals surface area contributed by atoms with Crippen molar-refractivity contribution in [2.24, 2.45) is 0 Å². The molecule has 1 heterocycles. The minimum atomic E-state index is 0.235. The molecule has 0 fully saturated rings. The Hall–Kier alpha value is -0.700. The maximum Gasteiger partial charge on any atom is 0.0666 e. The molecule has 3 heteroatoms. The van der Waals surface area contributed by atoms with Crippen LogP contribution in [0.15, 0.2) is 31.2 Å². The van der Waals surface area contributed by atoms with Crippen LogP contribution in [0.5, 0.6) is 0 Å². The monoisotopic (exact) mass is 226 g/mol. The minimum absolute atomic E-state index is 0.235. The van der Waals surface area contributed by atoms with E-state index in [-0.39, 0.29) is 5.92 Å². The van der Waals surface area contributed by atoms with Crippen molar-refractivity contribution >= 4 is 15.9 Å². The van der Waals surface area contributed by atoms with E-state index < -0.39 is 0 Å². The lowest BCUT2D eigenvalue weighted by atomic mass is 10.0. The van der Waals surface area contributed by atoms with Gasteiger partial charge in [-0.05, 0) is 0 Å². The fourth-order valence-electron chi connectivity index (χ4n) is 1.03. The van der Waals surface area contributed by atoms with E-state index in [1.807, 2.05) is 6.08 Å². The number of rotatable bonds is 3. The van der Waals surface area contributed by atoms with Crippen molar-refractivity contribution in [3.8, 4) is 0 Å². The van der Waals surface area contributed by atoms with Gasteiger partial charge in [-0.2, -0.15) is 0 Å². The van der Waals surface area contributed by atoms with Crippen LogP contribution < -0.4 is 0 Å². The van der Waals surface area contributed by atoms with Crippen molar-refractivity contribution in [1.82, 2.24) is 9.97 Å². The molecule has 0 aromatic carbocycles. The summed E-state index contributed by atoms with van der Waals surface area (Å²) < 4.78 is 0. The van der Waals surface area contributed by atoms with Crippen LogP contribution in [0.1, 0.15) is 18.5 Å². The van der Waals surface area contributed by atoms with Gasteiger partial charge < -0.3 is 0 Å².